The molecule has 0 aromatic heterocycles. The summed E-state index contributed by atoms with van der Waals surface area (Å²) >= 11 is 0. The molecule has 4 heteroatoms. The minimum atomic E-state index is -0.253. The van der Waals surface area contributed by atoms with Gasteiger partial charge < -0.3 is 0 Å². The molecule has 0 aliphatic heterocycles. The highest BCUT2D eigenvalue weighted by molar-refractivity contribution is 5.59. The molecule has 2 N–H and O–H groups in total. The molecule has 3 nitrogen and oxygen atoms in total. The summed E-state index contributed by atoms with van der Waals surface area (Å²) in [6, 6.07) is 4.51. The Hall–Kier alpha value is -1.42. The van der Waals surface area contributed by atoms with Crippen LogP contribution in [0.25, 0.3) is 0 Å². The lowest BCUT2D eigenvalue weighted by Gasteiger charge is -2.18. The van der Waals surface area contributed by atoms with Crippen LogP contribution < -0.4 is 11.0 Å². The highest BCUT2D eigenvalue weighted by atomic mass is 19.1. The van der Waals surface area contributed by atoms with Gasteiger partial charge in [-0.25, -0.2) is 10.2 Å². The van der Waals surface area contributed by atoms with Crippen LogP contribution in [0.15, 0.2) is 23.3 Å². The van der Waals surface area contributed by atoms with Gasteiger partial charge in [0.25, 0.3) is 0 Å². The third-order valence-electron chi connectivity index (χ3n) is 2.10. The maximum absolute atomic E-state index is 13.1. The summed E-state index contributed by atoms with van der Waals surface area (Å²) in [6.45, 7) is 5.75. The summed E-state index contributed by atoms with van der Waals surface area (Å²) in [5.41, 5.74) is 1.58. The van der Waals surface area contributed by atoms with E-state index in [-0.39, 0.29) is 11.7 Å². The average Bonchev–Trinajstić information content (AvgIpc) is 2.17. The zero-order chi connectivity index (χ0) is 11.4. The van der Waals surface area contributed by atoms with Crippen LogP contribution in [0, 0.1) is 5.82 Å². The van der Waals surface area contributed by atoms with Crippen molar-refractivity contribution in [3.05, 3.63) is 29.6 Å². The molecule has 82 valence electrons. The van der Waals surface area contributed by atoms with Gasteiger partial charge in [0.15, 0.2) is 0 Å². The lowest BCUT2D eigenvalue weighted by molar-refractivity contribution is 0.622. The van der Waals surface area contributed by atoms with Gasteiger partial charge in [-0.3, -0.25) is 0 Å². The Kier molecular flexibility index (Phi) is 3.80. The molecule has 0 heterocycles. The molecule has 0 saturated heterocycles. The summed E-state index contributed by atoms with van der Waals surface area (Å²) < 4.78 is 13.1. The topological polar surface area (TPSA) is 41.6 Å². The number of hydrazone groups is 1. The molecule has 0 radical (unpaired) electrons. The standard InChI is InChI=1S/C11H16FN3/c1-4-14-15(13)11-6-5-9(12)7-10(11)8(2)3/h4-8H,13H2,1-3H3. The summed E-state index contributed by atoms with van der Waals surface area (Å²) in [5, 5.41) is 5.19. The number of halogens is 1. The SMILES string of the molecule is CC=NN(N)c1ccc(F)cc1C(C)C. The molecule has 0 atom stereocenters. The number of nitrogens with zero attached hydrogens (tertiary/aromatic N) is 2. The normalized spacial score (nSPS) is 11.3. The van der Waals surface area contributed by atoms with Crippen LogP contribution in [0.2, 0.25) is 0 Å². The fraction of sp³-hybridized carbons (Fsp3) is 0.364. The molecule has 15 heavy (non-hydrogen) atoms. The van der Waals surface area contributed by atoms with Crippen molar-refractivity contribution >= 4 is 11.9 Å². The van der Waals surface area contributed by atoms with Crippen LogP contribution in [-0.2, 0) is 0 Å². The Bertz CT molecular complexity index is 361. The number of nitrogens with two attached hydrogens (primary N) is 1. The summed E-state index contributed by atoms with van der Waals surface area (Å²) in [6.07, 6.45) is 1.59. The summed E-state index contributed by atoms with van der Waals surface area (Å²) in [4.78, 5) is 0. The van der Waals surface area contributed by atoms with Crippen LogP contribution in [0.1, 0.15) is 32.3 Å². The van der Waals surface area contributed by atoms with Gasteiger partial charge in [0.05, 0.1) is 5.69 Å². The Morgan fingerprint density at radius 1 is 1.47 bits per heavy atom. The van der Waals surface area contributed by atoms with Crippen molar-refractivity contribution in [3.63, 3.8) is 0 Å². The van der Waals surface area contributed by atoms with E-state index in [2.05, 4.69) is 5.10 Å². The minimum Gasteiger partial charge on any atom is -0.226 e. The highest BCUT2D eigenvalue weighted by Crippen LogP contribution is 2.26. The van der Waals surface area contributed by atoms with E-state index in [4.69, 9.17) is 5.84 Å². The molecule has 0 unspecified atom stereocenters. The summed E-state index contributed by atoms with van der Waals surface area (Å²) in [5.74, 6) is 5.66. The maximum Gasteiger partial charge on any atom is 0.123 e. The monoisotopic (exact) mass is 209 g/mol. The number of hydrazine groups is 1. The first-order valence-corrected chi connectivity index (χ1v) is 4.89. The van der Waals surface area contributed by atoms with Gasteiger partial charge in [-0.2, -0.15) is 10.2 Å². The van der Waals surface area contributed by atoms with E-state index in [1.165, 1.54) is 17.3 Å². The first kappa shape index (κ1) is 11.7. The fourth-order valence-corrected chi connectivity index (χ4v) is 1.38. The van der Waals surface area contributed by atoms with E-state index in [9.17, 15) is 4.39 Å². The molecule has 1 aromatic carbocycles. The van der Waals surface area contributed by atoms with Crippen LogP contribution in [0.4, 0.5) is 10.1 Å². The highest BCUT2D eigenvalue weighted by Gasteiger charge is 2.11. The predicted octanol–water partition coefficient (Wildman–Crippen LogP) is 2.63. The van der Waals surface area contributed by atoms with E-state index in [0.29, 0.717) is 0 Å². The van der Waals surface area contributed by atoms with Gasteiger partial charge in [0.1, 0.15) is 5.82 Å². The Labute approximate surface area is 89.4 Å². The van der Waals surface area contributed by atoms with Crippen molar-refractivity contribution in [1.82, 2.24) is 0 Å². The zero-order valence-electron chi connectivity index (χ0n) is 9.24. The van der Waals surface area contributed by atoms with Crippen LogP contribution in [0.3, 0.4) is 0 Å². The third-order valence-corrected chi connectivity index (χ3v) is 2.10. The van der Waals surface area contributed by atoms with E-state index in [1.54, 1.807) is 19.2 Å². The van der Waals surface area contributed by atoms with Crippen molar-refractivity contribution < 1.29 is 4.39 Å². The van der Waals surface area contributed by atoms with Crippen molar-refractivity contribution in [3.8, 4) is 0 Å². The minimum absolute atomic E-state index is 0.203. The van der Waals surface area contributed by atoms with Crippen LogP contribution in [0.5, 0.6) is 0 Å². The second-order valence-electron chi connectivity index (χ2n) is 3.58. The number of hydrogen-bond donors (Lipinski definition) is 1. The lowest BCUT2D eigenvalue weighted by atomic mass is 10.0. The second kappa shape index (κ2) is 4.89. The van der Waals surface area contributed by atoms with Crippen molar-refractivity contribution in [2.24, 2.45) is 10.9 Å². The molecular weight excluding hydrogens is 193 g/mol. The van der Waals surface area contributed by atoms with Crippen LogP contribution >= 0.6 is 0 Å². The van der Waals surface area contributed by atoms with Gasteiger partial charge >= 0.3 is 0 Å². The maximum atomic E-state index is 13.1. The lowest BCUT2D eigenvalue weighted by Crippen LogP contribution is -2.25. The molecule has 0 fully saturated rings. The smallest absolute Gasteiger partial charge is 0.123 e. The predicted molar refractivity (Wildman–Crippen MR) is 61.3 cm³/mol. The van der Waals surface area contributed by atoms with E-state index in [0.717, 1.165) is 11.3 Å². The Morgan fingerprint density at radius 2 is 2.13 bits per heavy atom. The average molecular weight is 209 g/mol. The number of hydrogen-bond acceptors (Lipinski definition) is 3. The Balaban J connectivity index is 3.16. The number of rotatable bonds is 3. The van der Waals surface area contributed by atoms with Gasteiger partial charge in [-0.05, 0) is 36.6 Å². The molecule has 1 aromatic rings. The molecule has 0 aliphatic rings. The first-order chi connectivity index (χ1) is 7.06. The fourth-order valence-electron chi connectivity index (χ4n) is 1.38. The molecule has 0 aliphatic carbocycles. The largest absolute Gasteiger partial charge is 0.226 e. The summed E-state index contributed by atoms with van der Waals surface area (Å²) in [7, 11) is 0. The van der Waals surface area contributed by atoms with E-state index < -0.39 is 0 Å². The number of anilines is 1. The molecule has 1 rings (SSSR count). The zero-order valence-corrected chi connectivity index (χ0v) is 9.24. The molecular formula is C11H16FN3. The Morgan fingerprint density at radius 3 is 2.67 bits per heavy atom. The van der Waals surface area contributed by atoms with Crippen LogP contribution in [-0.4, -0.2) is 6.21 Å². The van der Waals surface area contributed by atoms with Gasteiger partial charge in [-0.1, -0.05) is 13.8 Å². The first-order valence-electron chi connectivity index (χ1n) is 4.89. The molecule has 0 bridgehead atoms. The van der Waals surface area contributed by atoms with Crippen molar-refractivity contribution in [1.29, 1.82) is 0 Å². The molecule has 0 saturated carbocycles. The van der Waals surface area contributed by atoms with Gasteiger partial charge in [0, 0.05) is 6.21 Å². The van der Waals surface area contributed by atoms with Gasteiger partial charge in [-0.15, -0.1) is 0 Å². The van der Waals surface area contributed by atoms with E-state index in [1.807, 2.05) is 13.8 Å². The molecule has 0 amide bonds. The number of benzene rings is 1. The molecule has 0 spiro atoms. The quantitative estimate of drug-likeness (QED) is 0.472. The second-order valence-corrected chi connectivity index (χ2v) is 3.58. The van der Waals surface area contributed by atoms with Gasteiger partial charge in [0.2, 0.25) is 0 Å². The van der Waals surface area contributed by atoms with Crippen molar-refractivity contribution in [2.75, 3.05) is 5.12 Å². The van der Waals surface area contributed by atoms with E-state index >= 15 is 0 Å². The van der Waals surface area contributed by atoms with Crippen molar-refractivity contribution in [2.45, 2.75) is 26.7 Å². The third kappa shape index (κ3) is 2.76.